The molecule has 3 rings (SSSR count). The second kappa shape index (κ2) is 9.32. The van der Waals surface area contributed by atoms with Crippen molar-refractivity contribution in [1.29, 1.82) is 0 Å². The molecule has 0 bridgehead atoms. The first-order valence-corrected chi connectivity index (χ1v) is 10.9. The summed E-state index contributed by atoms with van der Waals surface area (Å²) >= 11 is 13.0. The lowest BCUT2D eigenvalue weighted by Crippen LogP contribution is -2.54. The van der Waals surface area contributed by atoms with Gasteiger partial charge in [0.1, 0.15) is 11.3 Å². The molecule has 30 heavy (non-hydrogen) atoms. The van der Waals surface area contributed by atoms with Gasteiger partial charge in [0.05, 0.1) is 21.8 Å². The Balaban J connectivity index is 2.08. The third-order valence-corrected chi connectivity index (χ3v) is 5.46. The van der Waals surface area contributed by atoms with E-state index in [-0.39, 0.29) is 22.2 Å². The number of amides is 4. The number of ether oxygens (including phenoxy) is 1. The molecular weight excluding hydrogens is 540 g/mol. The van der Waals surface area contributed by atoms with Crippen LogP contribution in [-0.4, -0.2) is 24.5 Å². The summed E-state index contributed by atoms with van der Waals surface area (Å²) in [5.41, 5.74) is 0.476. The van der Waals surface area contributed by atoms with E-state index >= 15 is 0 Å². The highest BCUT2D eigenvalue weighted by atomic mass is 79.9. The first kappa shape index (κ1) is 22.5. The molecule has 1 aliphatic heterocycles. The summed E-state index contributed by atoms with van der Waals surface area (Å²) in [6, 6.07) is 9.08. The van der Waals surface area contributed by atoms with Crippen LogP contribution in [0.4, 0.5) is 10.5 Å². The van der Waals surface area contributed by atoms with Gasteiger partial charge in [-0.2, -0.15) is 0 Å². The minimum Gasteiger partial charge on any atom is -0.492 e. The highest BCUT2D eigenvalue weighted by Gasteiger charge is 2.37. The number of carbonyl (C=O) groups excluding carboxylic acids is 3. The number of para-hydroxylation sites is 1. The first-order valence-electron chi connectivity index (χ1n) is 8.97. The molecular formula is C21H17Br2ClN2O4. The zero-order chi connectivity index (χ0) is 22.0. The van der Waals surface area contributed by atoms with Crippen molar-refractivity contribution < 1.29 is 19.1 Å². The lowest BCUT2D eigenvalue weighted by atomic mass is 10.1. The van der Waals surface area contributed by atoms with Crippen molar-refractivity contribution >= 4 is 73.1 Å². The molecule has 1 N–H and O–H groups in total. The Bertz CT molecular complexity index is 1070. The molecule has 0 saturated carbocycles. The van der Waals surface area contributed by atoms with Gasteiger partial charge >= 0.3 is 6.03 Å². The lowest BCUT2D eigenvalue weighted by Gasteiger charge is -2.27. The van der Waals surface area contributed by atoms with Crippen molar-refractivity contribution in [3.63, 3.8) is 0 Å². The van der Waals surface area contributed by atoms with Gasteiger partial charge in [-0.3, -0.25) is 14.9 Å². The van der Waals surface area contributed by atoms with Crippen molar-refractivity contribution in [2.75, 3.05) is 11.5 Å². The van der Waals surface area contributed by atoms with Crippen LogP contribution in [0.1, 0.15) is 19.4 Å². The Morgan fingerprint density at radius 2 is 1.87 bits per heavy atom. The maximum Gasteiger partial charge on any atom is 0.335 e. The maximum absolute atomic E-state index is 13.1. The standard InChI is InChI=1S/C21H17Br2ClN2O4/c1-11(2)10-30-18-12(7-13(22)9-15(18)23)8-14-19(27)25-21(29)26(20(14)28)17-6-4-3-5-16(17)24/h3-9,11H,10H2,1-2H3,(H,25,27,29)/b14-8+. The van der Waals surface area contributed by atoms with Crippen LogP contribution in [0.2, 0.25) is 5.02 Å². The quantitative estimate of drug-likeness (QED) is 0.386. The minimum absolute atomic E-state index is 0.187. The van der Waals surface area contributed by atoms with Gasteiger partial charge in [-0.25, -0.2) is 9.69 Å². The predicted molar refractivity (Wildman–Crippen MR) is 123 cm³/mol. The minimum atomic E-state index is -0.859. The maximum atomic E-state index is 13.1. The summed E-state index contributed by atoms with van der Waals surface area (Å²) in [5, 5.41) is 2.40. The average Bonchev–Trinajstić information content (AvgIpc) is 2.65. The third kappa shape index (κ3) is 4.77. The van der Waals surface area contributed by atoms with E-state index in [1.54, 1.807) is 30.3 Å². The number of halogens is 3. The van der Waals surface area contributed by atoms with Gasteiger partial charge in [0.25, 0.3) is 11.8 Å². The molecule has 1 aliphatic rings. The molecule has 156 valence electrons. The van der Waals surface area contributed by atoms with E-state index in [1.165, 1.54) is 12.1 Å². The highest BCUT2D eigenvalue weighted by molar-refractivity contribution is 9.11. The number of nitrogens with zero attached hydrogens (tertiary/aromatic N) is 1. The monoisotopic (exact) mass is 554 g/mol. The Morgan fingerprint density at radius 1 is 1.17 bits per heavy atom. The van der Waals surface area contributed by atoms with Crippen LogP contribution < -0.4 is 15.0 Å². The van der Waals surface area contributed by atoms with Crippen molar-refractivity contribution in [2.24, 2.45) is 5.92 Å². The Labute approximate surface area is 195 Å². The van der Waals surface area contributed by atoms with Crippen LogP contribution in [0.25, 0.3) is 6.08 Å². The van der Waals surface area contributed by atoms with Gasteiger partial charge in [0.2, 0.25) is 0 Å². The summed E-state index contributed by atoms with van der Waals surface area (Å²) < 4.78 is 7.27. The average molecular weight is 557 g/mol. The normalized spacial score (nSPS) is 15.7. The molecule has 0 spiro atoms. The van der Waals surface area contributed by atoms with Crippen molar-refractivity contribution in [2.45, 2.75) is 13.8 Å². The van der Waals surface area contributed by atoms with Crippen molar-refractivity contribution in [3.8, 4) is 5.75 Å². The van der Waals surface area contributed by atoms with Crippen LogP contribution in [0.5, 0.6) is 5.75 Å². The Hall–Kier alpha value is -2.16. The van der Waals surface area contributed by atoms with Crippen LogP contribution in [-0.2, 0) is 9.59 Å². The molecule has 4 amide bonds. The van der Waals surface area contributed by atoms with E-state index in [1.807, 2.05) is 13.8 Å². The summed E-state index contributed by atoms with van der Waals surface area (Å²) in [4.78, 5) is 38.8. The molecule has 0 unspecified atom stereocenters. The molecule has 0 atom stereocenters. The van der Waals surface area contributed by atoms with E-state index < -0.39 is 17.8 Å². The zero-order valence-corrected chi connectivity index (χ0v) is 20.0. The number of benzene rings is 2. The van der Waals surface area contributed by atoms with Gasteiger partial charge in [-0.1, -0.05) is 53.5 Å². The molecule has 0 aromatic heterocycles. The largest absolute Gasteiger partial charge is 0.492 e. The number of rotatable bonds is 5. The van der Waals surface area contributed by atoms with E-state index in [0.29, 0.717) is 22.4 Å². The van der Waals surface area contributed by atoms with Crippen molar-refractivity contribution in [3.05, 3.63) is 61.5 Å². The first-order chi connectivity index (χ1) is 14.2. The van der Waals surface area contributed by atoms with Gasteiger partial charge in [0, 0.05) is 10.0 Å². The molecule has 1 fully saturated rings. The number of imide groups is 2. The number of carbonyl (C=O) groups is 3. The molecule has 0 aliphatic carbocycles. The fraction of sp³-hybridized carbons (Fsp3) is 0.190. The third-order valence-electron chi connectivity index (χ3n) is 4.09. The SMILES string of the molecule is CC(C)COc1c(Br)cc(Br)cc1/C=C1\C(=O)NC(=O)N(c2ccccc2Cl)C1=O. The zero-order valence-electron chi connectivity index (χ0n) is 16.0. The number of anilines is 1. The van der Waals surface area contributed by atoms with Crippen LogP contribution in [0.3, 0.4) is 0 Å². The van der Waals surface area contributed by atoms with Gasteiger partial charge in [-0.05, 0) is 52.2 Å². The fourth-order valence-corrected chi connectivity index (χ4v) is 4.35. The molecule has 1 saturated heterocycles. The number of barbiturate groups is 1. The second-order valence-electron chi connectivity index (χ2n) is 6.92. The topological polar surface area (TPSA) is 75.7 Å². The van der Waals surface area contributed by atoms with Crippen LogP contribution >= 0.6 is 43.5 Å². The Morgan fingerprint density at radius 3 is 2.53 bits per heavy atom. The van der Waals surface area contributed by atoms with E-state index in [2.05, 4.69) is 37.2 Å². The van der Waals surface area contributed by atoms with Gasteiger partial charge < -0.3 is 4.74 Å². The summed E-state index contributed by atoms with van der Waals surface area (Å²) in [7, 11) is 0. The van der Waals surface area contributed by atoms with Crippen molar-refractivity contribution in [1.82, 2.24) is 5.32 Å². The highest BCUT2D eigenvalue weighted by Crippen LogP contribution is 2.36. The van der Waals surface area contributed by atoms with E-state index in [0.717, 1.165) is 9.37 Å². The smallest absolute Gasteiger partial charge is 0.335 e. The number of hydrogen-bond acceptors (Lipinski definition) is 4. The predicted octanol–water partition coefficient (Wildman–Crippen LogP) is 5.57. The molecule has 9 heteroatoms. The lowest BCUT2D eigenvalue weighted by molar-refractivity contribution is -0.122. The van der Waals surface area contributed by atoms with Crippen LogP contribution in [0, 0.1) is 5.92 Å². The fourth-order valence-electron chi connectivity index (χ4n) is 2.75. The molecule has 2 aromatic carbocycles. The molecule has 6 nitrogen and oxygen atoms in total. The second-order valence-corrected chi connectivity index (χ2v) is 9.10. The number of urea groups is 1. The van der Waals surface area contributed by atoms with Gasteiger partial charge in [-0.15, -0.1) is 0 Å². The summed E-state index contributed by atoms with van der Waals surface area (Å²) in [6.45, 7) is 4.47. The Kier molecular flexibility index (Phi) is 7.00. The van der Waals surface area contributed by atoms with E-state index in [9.17, 15) is 14.4 Å². The molecule has 2 aromatic rings. The molecule has 0 radical (unpaired) electrons. The van der Waals surface area contributed by atoms with Gasteiger partial charge in [0.15, 0.2) is 0 Å². The summed E-state index contributed by atoms with van der Waals surface area (Å²) in [6.07, 6.45) is 1.40. The molecule has 1 heterocycles. The van der Waals surface area contributed by atoms with Crippen LogP contribution in [0.15, 0.2) is 50.9 Å². The number of nitrogens with one attached hydrogen (secondary N) is 1. The number of hydrogen-bond donors (Lipinski definition) is 1. The van der Waals surface area contributed by atoms with E-state index in [4.69, 9.17) is 16.3 Å². The summed E-state index contributed by atoms with van der Waals surface area (Å²) in [5.74, 6) is -0.808.